The van der Waals surface area contributed by atoms with Gasteiger partial charge in [-0.05, 0) is 18.9 Å². The van der Waals surface area contributed by atoms with Crippen molar-refractivity contribution in [2.45, 2.75) is 38.3 Å². The molecule has 1 N–H and O–H groups in total. The van der Waals surface area contributed by atoms with Crippen LogP contribution in [0, 0.1) is 0 Å². The van der Waals surface area contributed by atoms with Gasteiger partial charge in [-0.25, -0.2) is 9.97 Å². The highest BCUT2D eigenvalue weighted by molar-refractivity contribution is 7.99. The van der Waals surface area contributed by atoms with Crippen LogP contribution in [0.1, 0.15) is 26.2 Å². The zero-order chi connectivity index (χ0) is 16.9. The van der Waals surface area contributed by atoms with E-state index in [2.05, 4.69) is 20.2 Å². The van der Waals surface area contributed by atoms with E-state index >= 15 is 0 Å². The Kier molecular flexibility index (Phi) is 5.55. The molecule has 0 aliphatic carbocycles. The maximum absolute atomic E-state index is 12.5. The Hall–Kier alpha value is -1.83. The molecule has 0 unspecified atom stereocenters. The molecular weight excluding hydrogens is 326 g/mol. The standard InChI is InChI=1S/C16H23N5O2S/c1-2-14(22)21-11-24-10-13(21)15(23)19-12-4-8-20(9-5-12)16-17-6-3-7-18-16/h3,6-7,12-13H,2,4-5,8-11H2,1H3,(H,19,23)/t13-/m0/s1. The smallest absolute Gasteiger partial charge is 0.243 e. The van der Waals surface area contributed by atoms with E-state index < -0.39 is 0 Å². The second-order valence-electron chi connectivity index (χ2n) is 6.05. The number of nitrogens with one attached hydrogen (secondary N) is 1. The number of carbonyl (C=O) groups is 2. The van der Waals surface area contributed by atoms with Crippen LogP contribution in [-0.2, 0) is 9.59 Å². The number of nitrogens with zero attached hydrogens (tertiary/aromatic N) is 4. The summed E-state index contributed by atoms with van der Waals surface area (Å²) < 4.78 is 0. The summed E-state index contributed by atoms with van der Waals surface area (Å²) in [6, 6.07) is 1.64. The normalized spacial score (nSPS) is 21.8. The molecule has 1 atom stereocenters. The van der Waals surface area contributed by atoms with Crippen molar-refractivity contribution in [3.63, 3.8) is 0 Å². The van der Waals surface area contributed by atoms with Gasteiger partial charge >= 0.3 is 0 Å². The lowest BCUT2D eigenvalue weighted by Gasteiger charge is -2.33. The van der Waals surface area contributed by atoms with E-state index in [1.807, 2.05) is 6.92 Å². The van der Waals surface area contributed by atoms with Crippen LogP contribution < -0.4 is 10.2 Å². The second kappa shape index (κ2) is 7.83. The first kappa shape index (κ1) is 17.0. The fraction of sp³-hybridized carbons (Fsp3) is 0.625. The summed E-state index contributed by atoms with van der Waals surface area (Å²) >= 11 is 1.64. The van der Waals surface area contributed by atoms with Crippen LogP contribution in [-0.4, -0.2) is 63.5 Å². The van der Waals surface area contributed by atoms with Crippen molar-refractivity contribution in [3.8, 4) is 0 Å². The van der Waals surface area contributed by atoms with E-state index in [4.69, 9.17) is 0 Å². The lowest BCUT2D eigenvalue weighted by molar-refractivity contribution is -0.138. The van der Waals surface area contributed by atoms with E-state index in [1.54, 1.807) is 35.1 Å². The van der Waals surface area contributed by atoms with Crippen LogP contribution in [0.3, 0.4) is 0 Å². The van der Waals surface area contributed by atoms with E-state index in [1.165, 1.54) is 0 Å². The maximum Gasteiger partial charge on any atom is 0.243 e. The van der Waals surface area contributed by atoms with Crippen molar-refractivity contribution >= 4 is 29.5 Å². The molecule has 1 aromatic heterocycles. The molecule has 0 spiro atoms. The summed E-state index contributed by atoms with van der Waals surface area (Å²) in [4.78, 5) is 36.9. The van der Waals surface area contributed by atoms with E-state index in [0.29, 0.717) is 18.1 Å². The number of thioether (sulfide) groups is 1. The molecule has 3 rings (SSSR count). The van der Waals surface area contributed by atoms with Crippen molar-refractivity contribution in [3.05, 3.63) is 18.5 Å². The first-order valence-electron chi connectivity index (χ1n) is 8.38. The summed E-state index contributed by atoms with van der Waals surface area (Å²) in [6.45, 7) is 3.49. The number of carbonyl (C=O) groups excluding carboxylic acids is 2. The Bertz CT molecular complexity index is 577. The van der Waals surface area contributed by atoms with Crippen LogP contribution in [0.4, 0.5) is 5.95 Å². The molecule has 3 heterocycles. The van der Waals surface area contributed by atoms with E-state index in [9.17, 15) is 9.59 Å². The lowest BCUT2D eigenvalue weighted by atomic mass is 10.0. The SMILES string of the molecule is CCC(=O)N1CSC[C@H]1C(=O)NC1CCN(c2ncccn2)CC1. The summed E-state index contributed by atoms with van der Waals surface area (Å²) in [5, 5.41) is 3.13. The minimum atomic E-state index is -0.321. The van der Waals surface area contributed by atoms with Crippen molar-refractivity contribution in [2.75, 3.05) is 29.6 Å². The third-order valence-electron chi connectivity index (χ3n) is 4.48. The van der Waals surface area contributed by atoms with Gasteiger partial charge in [0, 0.05) is 43.7 Å². The predicted molar refractivity (Wildman–Crippen MR) is 93.7 cm³/mol. The minimum Gasteiger partial charge on any atom is -0.351 e. The Morgan fingerprint density at radius 1 is 1.29 bits per heavy atom. The van der Waals surface area contributed by atoms with E-state index in [-0.39, 0.29) is 23.9 Å². The molecule has 1 aromatic rings. The molecule has 0 saturated carbocycles. The zero-order valence-corrected chi connectivity index (χ0v) is 14.7. The molecule has 2 aliphatic rings. The molecule has 7 nitrogen and oxygen atoms in total. The Morgan fingerprint density at radius 2 is 2.00 bits per heavy atom. The zero-order valence-electron chi connectivity index (χ0n) is 13.9. The van der Waals surface area contributed by atoms with Gasteiger partial charge in [-0.2, -0.15) is 0 Å². The minimum absolute atomic E-state index is 0.0174. The van der Waals surface area contributed by atoms with Crippen LogP contribution in [0.25, 0.3) is 0 Å². The number of hydrogen-bond acceptors (Lipinski definition) is 6. The second-order valence-corrected chi connectivity index (χ2v) is 7.05. The maximum atomic E-state index is 12.5. The largest absolute Gasteiger partial charge is 0.351 e. The van der Waals surface area contributed by atoms with Gasteiger partial charge in [0.2, 0.25) is 17.8 Å². The highest BCUT2D eigenvalue weighted by Crippen LogP contribution is 2.22. The number of hydrogen-bond donors (Lipinski definition) is 1. The third-order valence-corrected chi connectivity index (χ3v) is 5.50. The van der Waals surface area contributed by atoms with Crippen molar-refractivity contribution in [2.24, 2.45) is 0 Å². The average molecular weight is 349 g/mol. The number of piperidine rings is 1. The fourth-order valence-corrected chi connectivity index (χ4v) is 4.27. The van der Waals surface area contributed by atoms with Crippen LogP contribution in [0.5, 0.6) is 0 Å². The quantitative estimate of drug-likeness (QED) is 0.869. The van der Waals surface area contributed by atoms with Gasteiger partial charge in [0.15, 0.2) is 0 Å². The van der Waals surface area contributed by atoms with Gasteiger partial charge in [0.05, 0.1) is 5.88 Å². The highest BCUT2D eigenvalue weighted by Gasteiger charge is 2.35. The topological polar surface area (TPSA) is 78.4 Å². The predicted octanol–water partition coefficient (Wildman–Crippen LogP) is 0.873. The van der Waals surface area contributed by atoms with Gasteiger partial charge in [-0.3, -0.25) is 9.59 Å². The Balaban J connectivity index is 1.51. The van der Waals surface area contributed by atoms with Gasteiger partial charge < -0.3 is 15.1 Å². The molecule has 0 aromatic carbocycles. The average Bonchev–Trinajstić information content (AvgIpc) is 3.12. The van der Waals surface area contributed by atoms with Gasteiger partial charge in [0.25, 0.3) is 0 Å². The van der Waals surface area contributed by atoms with Crippen LogP contribution in [0.2, 0.25) is 0 Å². The molecule has 8 heteroatoms. The number of amides is 2. The number of rotatable bonds is 4. The van der Waals surface area contributed by atoms with Crippen molar-refractivity contribution in [1.82, 2.24) is 20.2 Å². The molecule has 2 saturated heterocycles. The Labute approximate surface area is 146 Å². The number of aromatic nitrogens is 2. The monoisotopic (exact) mass is 349 g/mol. The molecule has 24 heavy (non-hydrogen) atoms. The first-order chi connectivity index (χ1) is 11.7. The molecular formula is C16H23N5O2S. The molecule has 2 fully saturated rings. The van der Waals surface area contributed by atoms with Gasteiger partial charge in [-0.15, -0.1) is 11.8 Å². The van der Waals surface area contributed by atoms with Gasteiger partial charge in [-0.1, -0.05) is 6.92 Å². The molecule has 2 amide bonds. The first-order valence-corrected chi connectivity index (χ1v) is 9.54. The van der Waals surface area contributed by atoms with Crippen molar-refractivity contribution in [1.29, 1.82) is 0 Å². The van der Waals surface area contributed by atoms with Crippen molar-refractivity contribution < 1.29 is 9.59 Å². The summed E-state index contributed by atoms with van der Waals surface area (Å²) in [7, 11) is 0. The summed E-state index contributed by atoms with van der Waals surface area (Å²) in [5.74, 6) is 2.09. The molecule has 0 bridgehead atoms. The Morgan fingerprint density at radius 3 is 2.67 bits per heavy atom. The molecule has 2 aliphatic heterocycles. The van der Waals surface area contributed by atoms with Crippen LogP contribution >= 0.6 is 11.8 Å². The summed E-state index contributed by atoms with van der Waals surface area (Å²) in [6.07, 6.45) is 5.66. The molecule has 130 valence electrons. The lowest BCUT2D eigenvalue weighted by Crippen LogP contribution is -2.52. The van der Waals surface area contributed by atoms with E-state index in [0.717, 1.165) is 31.9 Å². The van der Waals surface area contributed by atoms with Crippen LogP contribution in [0.15, 0.2) is 18.5 Å². The fourth-order valence-electron chi connectivity index (χ4n) is 3.08. The number of anilines is 1. The summed E-state index contributed by atoms with van der Waals surface area (Å²) in [5.41, 5.74) is 0. The molecule has 0 radical (unpaired) electrons. The third kappa shape index (κ3) is 3.80. The highest BCUT2D eigenvalue weighted by atomic mass is 32.2. The van der Waals surface area contributed by atoms with Gasteiger partial charge in [0.1, 0.15) is 6.04 Å².